The number of hydrogen-bond acceptors (Lipinski definition) is 8. The SMILES string of the molecule is COC(=O)[C@H](Cc1ccc(-c2cccc(N/C(=C/[N+](=O)[O-])SC)c2)cc1)NS(=O)(=O)c1c(C)cc(C)cc1C. The number of sulfonamides is 1. The predicted molar refractivity (Wildman–Crippen MR) is 155 cm³/mol. The van der Waals surface area contributed by atoms with Gasteiger partial charge in [-0.1, -0.05) is 54.1 Å². The number of rotatable bonds is 11. The van der Waals surface area contributed by atoms with Crippen molar-refractivity contribution in [3.05, 3.63) is 104 Å². The Morgan fingerprint density at radius 3 is 2.26 bits per heavy atom. The summed E-state index contributed by atoms with van der Waals surface area (Å²) < 4.78 is 34.0. The second-order valence-corrected chi connectivity index (χ2v) is 11.5. The summed E-state index contributed by atoms with van der Waals surface area (Å²) in [6, 6.07) is 17.3. The van der Waals surface area contributed by atoms with Crippen molar-refractivity contribution >= 4 is 33.4 Å². The quantitative estimate of drug-likeness (QED) is 0.183. The highest BCUT2D eigenvalue weighted by Gasteiger charge is 2.29. The van der Waals surface area contributed by atoms with E-state index in [1.54, 1.807) is 32.2 Å². The number of hydrogen-bond donors (Lipinski definition) is 2. The van der Waals surface area contributed by atoms with Crippen LogP contribution in [0.4, 0.5) is 5.69 Å². The Morgan fingerprint density at radius 2 is 1.69 bits per heavy atom. The number of nitrogens with zero attached hydrogens (tertiary/aromatic N) is 1. The number of aryl methyl sites for hydroxylation is 3. The zero-order valence-corrected chi connectivity index (χ0v) is 24.0. The van der Waals surface area contributed by atoms with Crippen LogP contribution >= 0.6 is 11.8 Å². The number of anilines is 1. The van der Waals surface area contributed by atoms with Gasteiger partial charge in [0.15, 0.2) is 0 Å². The van der Waals surface area contributed by atoms with Gasteiger partial charge in [-0.15, -0.1) is 11.8 Å². The molecule has 1 atom stereocenters. The van der Waals surface area contributed by atoms with E-state index < -0.39 is 27.0 Å². The van der Waals surface area contributed by atoms with E-state index >= 15 is 0 Å². The van der Waals surface area contributed by atoms with Gasteiger partial charge in [0, 0.05) is 5.69 Å². The van der Waals surface area contributed by atoms with Gasteiger partial charge in [0.05, 0.1) is 16.9 Å². The number of methoxy groups -OCH3 is 1. The van der Waals surface area contributed by atoms with Gasteiger partial charge in [0.25, 0.3) is 6.20 Å². The number of carbonyl (C=O) groups excluding carboxylic acids is 1. The minimum Gasteiger partial charge on any atom is -0.468 e. The Hall–Kier alpha value is -3.67. The number of thioether (sulfide) groups is 1. The lowest BCUT2D eigenvalue weighted by Gasteiger charge is -2.19. The van der Waals surface area contributed by atoms with Crippen LogP contribution in [0.5, 0.6) is 0 Å². The number of esters is 1. The largest absolute Gasteiger partial charge is 0.468 e. The monoisotopic (exact) mass is 569 g/mol. The Balaban J connectivity index is 1.82. The van der Waals surface area contributed by atoms with Crippen LogP contribution in [0.3, 0.4) is 0 Å². The minimum absolute atomic E-state index is 0.0977. The molecule has 0 spiro atoms. The van der Waals surface area contributed by atoms with Gasteiger partial charge in [-0.2, -0.15) is 4.72 Å². The third-order valence-corrected chi connectivity index (χ3v) is 8.38. The van der Waals surface area contributed by atoms with Crippen LogP contribution in [-0.4, -0.2) is 38.7 Å². The summed E-state index contributed by atoms with van der Waals surface area (Å²) in [4.78, 5) is 23.0. The van der Waals surface area contributed by atoms with Gasteiger partial charge in [-0.3, -0.25) is 14.9 Å². The van der Waals surface area contributed by atoms with Crippen LogP contribution in [0, 0.1) is 30.9 Å². The number of nitrogens with one attached hydrogen (secondary N) is 2. The van der Waals surface area contributed by atoms with Crippen LogP contribution in [0.15, 0.2) is 76.8 Å². The molecule has 0 radical (unpaired) electrons. The zero-order chi connectivity index (χ0) is 28.7. The van der Waals surface area contributed by atoms with E-state index in [2.05, 4.69) is 10.0 Å². The summed E-state index contributed by atoms with van der Waals surface area (Å²) in [5.41, 5.74) is 5.35. The topological polar surface area (TPSA) is 128 Å². The van der Waals surface area contributed by atoms with Gasteiger partial charge in [-0.25, -0.2) is 8.42 Å². The van der Waals surface area contributed by atoms with E-state index in [9.17, 15) is 23.3 Å². The second-order valence-electron chi connectivity index (χ2n) is 9.01. The molecule has 0 bridgehead atoms. The van der Waals surface area contributed by atoms with Crippen molar-refractivity contribution in [1.29, 1.82) is 0 Å². The molecule has 0 fully saturated rings. The molecule has 0 aliphatic heterocycles. The molecular formula is C28H31N3O6S2. The van der Waals surface area contributed by atoms with Crippen molar-refractivity contribution in [1.82, 2.24) is 4.72 Å². The summed E-state index contributed by atoms with van der Waals surface area (Å²) in [5, 5.41) is 14.3. The molecule has 11 heteroatoms. The molecule has 0 saturated carbocycles. The van der Waals surface area contributed by atoms with Crippen LogP contribution in [0.1, 0.15) is 22.3 Å². The number of benzene rings is 3. The molecule has 3 aromatic rings. The molecule has 2 N–H and O–H groups in total. The first kappa shape index (κ1) is 29.9. The van der Waals surface area contributed by atoms with Gasteiger partial charge < -0.3 is 10.1 Å². The first-order chi connectivity index (χ1) is 18.4. The Kier molecular flexibility index (Phi) is 9.90. The standard InChI is InChI=1S/C28H31N3O6S2/c1-18-13-19(2)27(20(3)14-18)39(35,36)30-25(28(32)37-4)15-21-9-11-22(12-10-21)23-7-6-8-24(16-23)29-26(38-5)17-31(33)34/h6-14,16-17,25,29-30H,15H2,1-5H3/b26-17-/t25-/m0/s1. The average molecular weight is 570 g/mol. The summed E-state index contributed by atoms with van der Waals surface area (Å²) >= 11 is 1.23. The number of ether oxygens (including phenoxy) is 1. The molecule has 3 rings (SSSR count). The Morgan fingerprint density at radius 1 is 1.05 bits per heavy atom. The lowest BCUT2D eigenvalue weighted by molar-refractivity contribution is -0.402. The average Bonchev–Trinajstić information content (AvgIpc) is 2.86. The molecular weight excluding hydrogens is 538 g/mol. The summed E-state index contributed by atoms with van der Waals surface area (Å²) in [7, 11) is -2.77. The van der Waals surface area contributed by atoms with Gasteiger partial charge in [0.2, 0.25) is 10.0 Å². The molecule has 0 aliphatic carbocycles. The molecule has 0 heterocycles. The van der Waals surface area contributed by atoms with E-state index in [0.717, 1.165) is 28.5 Å². The van der Waals surface area contributed by atoms with Crippen LogP contribution in [0.25, 0.3) is 11.1 Å². The van der Waals surface area contributed by atoms with Crippen molar-refractivity contribution in [3.63, 3.8) is 0 Å². The van der Waals surface area contributed by atoms with E-state index in [-0.39, 0.29) is 11.3 Å². The maximum Gasteiger partial charge on any atom is 0.324 e. The van der Waals surface area contributed by atoms with Gasteiger partial charge in [0.1, 0.15) is 11.1 Å². The lowest BCUT2D eigenvalue weighted by atomic mass is 10.0. The minimum atomic E-state index is -3.99. The normalized spacial score (nSPS) is 12.6. The Bertz CT molecular complexity index is 1480. The van der Waals surface area contributed by atoms with Crippen molar-refractivity contribution < 1.29 is 22.9 Å². The van der Waals surface area contributed by atoms with Gasteiger partial charge in [-0.05, 0) is 73.4 Å². The third-order valence-electron chi connectivity index (χ3n) is 5.96. The highest BCUT2D eigenvalue weighted by atomic mass is 32.2. The molecule has 3 aromatic carbocycles. The molecule has 0 saturated heterocycles. The molecule has 0 aromatic heterocycles. The van der Waals surface area contributed by atoms with E-state index in [1.165, 1.54) is 18.9 Å². The van der Waals surface area contributed by atoms with Crippen LogP contribution < -0.4 is 10.0 Å². The summed E-state index contributed by atoms with van der Waals surface area (Å²) in [6.07, 6.45) is 2.76. The number of carbonyl (C=O) groups is 1. The number of nitro groups is 1. The van der Waals surface area contributed by atoms with E-state index in [4.69, 9.17) is 4.74 Å². The molecule has 9 nitrogen and oxygen atoms in total. The fourth-order valence-corrected chi connectivity index (χ4v) is 6.42. The summed E-state index contributed by atoms with van der Waals surface area (Å²) in [6.45, 7) is 5.35. The van der Waals surface area contributed by atoms with Crippen LogP contribution in [0.2, 0.25) is 0 Å². The van der Waals surface area contributed by atoms with Gasteiger partial charge >= 0.3 is 5.97 Å². The van der Waals surface area contributed by atoms with E-state index in [1.807, 2.05) is 55.5 Å². The van der Waals surface area contributed by atoms with Crippen LogP contribution in [-0.2, 0) is 26.0 Å². The van der Waals surface area contributed by atoms with Crippen molar-refractivity contribution in [2.75, 3.05) is 18.7 Å². The van der Waals surface area contributed by atoms with Crippen molar-refractivity contribution in [2.45, 2.75) is 38.1 Å². The highest BCUT2D eigenvalue weighted by Crippen LogP contribution is 2.26. The predicted octanol–water partition coefficient (Wildman–Crippen LogP) is 5.19. The first-order valence-corrected chi connectivity index (χ1v) is 14.7. The molecule has 206 valence electrons. The first-order valence-electron chi connectivity index (χ1n) is 12.0. The molecule has 0 amide bonds. The smallest absolute Gasteiger partial charge is 0.324 e. The second kappa shape index (κ2) is 12.9. The molecule has 39 heavy (non-hydrogen) atoms. The fraction of sp³-hybridized carbons (Fsp3) is 0.250. The van der Waals surface area contributed by atoms with Crippen molar-refractivity contribution in [2.24, 2.45) is 0 Å². The third kappa shape index (κ3) is 7.92. The fourth-order valence-electron chi connectivity index (χ4n) is 4.37. The highest BCUT2D eigenvalue weighted by molar-refractivity contribution is 8.02. The Labute approximate surface area is 232 Å². The summed E-state index contributed by atoms with van der Waals surface area (Å²) in [5.74, 6) is -0.684. The zero-order valence-electron chi connectivity index (χ0n) is 22.3. The maximum absolute atomic E-state index is 13.3. The molecule has 0 unspecified atom stereocenters. The van der Waals surface area contributed by atoms with Crippen molar-refractivity contribution in [3.8, 4) is 11.1 Å². The maximum atomic E-state index is 13.3. The molecule has 0 aliphatic rings. The lowest BCUT2D eigenvalue weighted by Crippen LogP contribution is -2.43. The van der Waals surface area contributed by atoms with E-state index in [0.29, 0.717) is 21.8 Å².